The van der Waals surface area contributed by atoms with Crippen molar-refractivity contribution in [3.05, 3.63) is 47.0 Å². The minimum atomic E-state index is -0.690. The van der Waals surface area contributed by atoms with Gasteiger partial charge >= 0.3 is 12.0 Å². The molecule has 0 bridgehead atoms. The lowest BCUT2D eigenvalue weighted by Gasteiger charge is -2.22. The molecule has 0 aliphatic carbocycles. The maximum Gasteiger partial charge on any atom is 0.336 e. The zero-order valence-electron chi connectivity index (χ0n) is 13.3. The van der Waals surface area contributed by atoms with Crippen LogP contribution in [-0.4, -0.2) is 44.3 Å². The number of halogens is 1. The number of hydrogen-bond donors (Lipinski definition) is 1. The Balaban J connectivity index is 1.75. The number of aromatic nitrogens is 3. The van der Waals surface area contributed by atoms with Crippen molar-refractivity contribution in [2.75, 3.05) is 6.54 Å². The number of carbonyl (C=O) groups is 2. The second-order valence-electron chi connectivity index (χ2n) is 5.45. The number of benzene rings is 1. The van der Waals surface area contributed by atoms with E-state index >= 15 is 0 Å². The first kappa shape index (κ1) is 17.2. The molecule has 1 aliphatic heterocycles. The molecule has 2 heterocycles. The molecular formula is C16H16ClN5O3. The topological polar surface area (TPSA) is 111 Å². The van der Waals surface area contributed by atoms with Gasteiger partial charge < -0.3 is 15.4 Å². The van der Waals surface area contributed by atoms with Crippen LogP contribution in [0.3, 0.4) is 0 Å². The van der Waals surface area contributed by atoms with Crippen molar-refractivity contribution in [2.45, 2.75) is 25.4 Å². The molecule has 1 amide bonds. The number of rotatable bonds is 4. The van der Waals surface area contributed by atoms with Crippen LogP contribution in [0.25, 0.3) is 0 Å². The number of nitrogens with zero attached hydrogens (tertiary/aromatic N) is 4. The molecule has 1 saturated heterocycles. The van der Waals surface area contributed by atoms with Gasteiger partial charge in [0, 0.05) is 12.1 Å². The van der Waals surface area contributed by atoms with Crippen molar-refractivity contribution < 1.29 is 14.3 Å². The molecule has 9 heteroatoms. The Kier molecular flexibility index (Phi) is 5.20. The molecule has 2 aromatic rings. The van der Waals surface area contributed by atoms with Crippen LogP contribution in [0.5, 0.6) is 6.01 Å². The van der Waals surface area contributed by atoms with Crippen molar-refractivity contribution in [2.24, 2.45) is 5.73 Å². The van der Waals surface area contributed by atoms with Crippen molar-refractivity contribution in [3.8, 4) is 6.01 Å². The number of hydrogen-bond acceptors (Lipinski definition) is 7. The maximum absolute atomic E-state index is 12.6. The van der Waals surface area contributed by atoms with E-state index in [0.29, 0.717) is 24.9 Å². The number of esters is 1. The first-order valence-electron chi connectivity index (χ1n) is 7.76. The minimum absolute atomic E-state index is 0.0365. The summed E-state index contributed by atoms with van der Waals surface area (Å²) >= 11 is 5.76. The SMILES string of the molecule is NCc1nc(Cl)nc(OC(=O)[C@H]2CCCN2C(=O)c2ccccc2)n1. The molecule has 2 N–H and O–H groups in total. The van der Waals surface area contributed by atoms with Crippen molar-refractivity contribution in [1.29, 1.82) is 0 Å². The highest BCUT2D eigenvalue weighted by Gasteiger charge is 2.36. The van der Waals surface area contributed by atoms with Gasteiger partial charge in [0.1, 0.15) is 6.04 Å². The summed E-state index contributed by atoms with van der Waals surface area (Å²) in [6.07, 6.45) is 1.23. The normalized spacial score (nSPS) is 16.7. The van der Waals surface area contributed by atoms with Crippen molar-refractivity contribution >= 4 is 23.5 Å². The minimum Gasteiger partial charge on any atom is -0.389 e. The Bertz CT molecular complexity index is 787. The van der Waals surface area contributed by atoms with E-state index in [2.05, 4.69) is 15.0 Å². The van der Waals surface area contributed by atoms with E-state index in [9.17, 15) is 9.59 Å². The predicted octanol–water partition coefficient (Wildman–Crippen LogP) is 1.19. The Labute approximate surface area is 149 Å². The highest BCUT2D eigenvalue weighted by Crippen LogP contribution is 2.22. The van der Waals surface area contributed by atoms with Gasteiger partial charge in [-0.1, -0.05) is 18.2 Å². The molecule has 1 aliphatic rings. The maximum atomic E-state index is 12.6. The molecule has 8 nitrogen and oxygen atoms in total. The molecule has 1 fully saturated rings. The summed E-state index contributed by atoms with van der Waals surface area (Å²) in [4.78, 5) is 38.1. The third-order valence-corrected chi connectivity index (χ3v) is 3.98. The van der Waals surface area contributed by atoms with Gasteiger partial charge in [-0.2, -0.15) is 9.97 Å². The molecule has 3 rings (SSSR count). The van der Waals surface area contributed by atoms with Gasteiger partial charge in [0.2, 0.25) is 5.28 Å². The number of carbonyl (C=O) groups excluding carboxylic acids is 2. The average Bonchev–Trinajstić information content (AvgIpc) is 3.11. The number of nitrogens with two attached hydrogens (primary N) is 1. The van der Waals surface area contributed by atoms with Gasteiger partial charge in [0.15, 0.2) is 5.82 Å². The van der Waals surface area contributed by atoms with Gasteiger partial charge in [0.25, 0.3) is 5.91 Å². The van der Waals surface area contributed by atoms with E-state index < -0.39 is 12.0 Å². The molecule has 0 spiro atoms. The average molecular weight is 362 g/mol. The fraction of sp³-hybridized carbons (Fsp3) is 0.312. The van der Waals surface area contributed by atoms with Crippen LogP contribution in [0.2, 0.25) is 5.28 Å². The smallest absolute Gasteiger partial charge is 0.336 e. The fourth-order valence-corrected chi connectivity index (χ4v) is 2.84. The van der Waals surface area contributed by atoms with Gasteiger partial charge in [-0.05, 0) is 36.6 Å². The van der Waals surface area contributed by atoms with Crippen molar-refractivity contribution in [3.63, 3.8) is 0 Å². The number of likely N-dealkylation sites (tertiary alicyclic amines) is 1. The zero-order valence-corrected chi connectivity index (χ0v) is 14.0. The van der Waals surface area contributed by atoms with Gasteiger partial charge in [0.05, 0.1) is 6.54 Å². The third kappa shape index (κ3) is 3.92. The number of amides is 1. The standard InChI is InChI=1S/C16H16ClN5O3/c17-15-19-12(9-18)20-16(21-15)25-14(24)11-7-4-8-22(11)13(23)10-5-2-1-3-6-10/h1-3,5-6,11H,4,7-9,18H2/t11-/m1/s1. The molecule has 1 atom stereocenters. The van der Waals surface area contributed by atoms with Gasteiger partial charge in [-0.3, -0.25) is 4.79 Å². The van der Waals surface area contributed by atoms with Crippen LogP contribution in [-0.2, 0) is 11.3 Å². The van der Waals surface area contributed by atoms with Crippen LogP contribution >= 0.6 is 11.6 Å². The van der Waals surface area contributed by atoms with E-state index in [-0.39, 0.29) is 29.6 Å². The lowest BCUT2D eigenvalue weighted by Crippen LogP contribution is -2.42. The Morgan fingerprint density at radius 2 is 2.00 bits per heavy atom. The fourth-order valence-electron chi connectivity index (χ4n) is 2.67. The quantitative estimate of drug-likeness (QED) is 0.814. The zero-order chi connectivity index (χ0) is 17.8. The van der Waals surface area contributed by atoms with E-state index in [0.717, 1.165) is 0 Å². The van der Waals surface area contributed by atoms with Crippen LogP contribution in [0.4, 0.5) is 0 Å². The van der Waals surface area contributed by atoms with E-state index in [1.165, 1.54) is 4.90 Å². The van der Waals surface area contributed by atoms with Crippen molar-refractivity contribution in [1.82, 2.24) is 19.9 Å². The monoisotopic (exact) mass is 361 g/mol. The highest BCUT2D eigenvalue weighted by molar-refractivity contribution is 6.28. The molecule has 1 aromatic carbocycles. The molecule has 0 radical (unpaired) electrons. The Morgan fingerprint density at radius 1 is 1.24 bits per heavy atom. The van der Waals surface area contributed by atoms with Crippen LogP contribution in [0.15, 0.2) is 30.3 Å². The lowest BCUT2D eigenvalue weighted by atomic mass is 10.1. The summed E-state index contributed by atoms with van der Waals surface area (Å²) in [6.45, 7) is 0.522. The van der Waals surface area contributed by atoms with Crippen LogP contribution < -0.4 is 10.5 Å². The summed E-state index contributed by atoms with van der Waals surface area (Å²) in [5, 5.41) is -0.109. The summed E-state index contributed by atoms with van der Waals surface area (Å²) in [5.41, 5.74) is 5.99. The molecular weight excluding hydrogens is 346 g/mol. The van der Waals surface area contributed by atoms with E-state index in [1.807, 2.05) is 6.07 Å². The van der Waals surface area contributed by atoms with Crippen LogP contribution in [0.1, 0.15) is 29.0 Å². The Hall–Kier alpha value is -2.58. The van der Waals surface area contributed by atoms with Gasteiger partial charge in [-0.25, -0.2) is 9.78 Å². The molecule has 0 saturated carbocycles. The first-order valence-corrected chi connectivity index (χ1v) is 8.14. The molecule has 0 unspecified atom stereocenters. The lowest BCUT2D eigenvalue weighted by molar-refractivity contribution is -0.139. The predicted molar refractivity (Wildman–Crippen MR) is 88.9 cm³/mol. The largest absolute Gasteiger partial charge is 0.389 e. The van der Waals surface area contributed by atoms with E-state index in [1.54, 1.807) is 24.3 Å². The summed E-state index contributed by atoms with van der Waals surface area (Å²) < 4.78 is 5.20. The summed E-state index contributed by atoms with van der Waals surface area (Å²) in [6, 6.07) is 7.89. The highest BCUT2D eigenvalue weighted by atomic mass is 35.5. The first-order chi connectivity index (χ1) is 12.1. The Morgan fingerprint density at radius 3 is 2.72 bits per heavy atom. The van der Waals surface area contributed by atoms with E-state index in [4.69, 9.17) is 22.1 Å². The number of ether oxygens (including phenoxy) is 1. The molecule has 1 aromatic heterocycles. The third-order valence-electron chi connectivity index (χ3n) is 3.81. The molecule has 25 heavy (non-hydrogen) atoms. The van der Waals surface area contributed by atoms with Gasteiger partial charge in [-0.15, -0.1) is 0 Å². The second-order valence-corrected chi connectivity index (χ2v) is 5.79. The van der Waals surface area contributed by atoms with Crippen LogP contribution in [0, 0.1) is 0 Å². The summed E-state index contributed by atoms with van der Waals surface area (Å²) in [7, 11) is 0. The summed E-state index contributed by atoms with van der Waals surface area (Å²) in [5.74, 6) is -0.602. The second kappa shape index (κ2) is 7.54. The molecule has 130 valence electrons.